The van der Waals surface area contributed by atoms with Crippen molar-refractivity contribution in [2.45, 2.75) is 6.54 Å². The summed E-state index contributed by atoms with van der Waals surface area (Å²) in [4.78, 5) is 24.2. The highest BCUT2D eigenvalue weighted by Gasteiger charge is 2.23. The molecule has 1 fully saturated rings. The molecule has 0 bridgehead atoms. The van der Waals surface area contributed by atoms with Crippen LogP contribution in [0.5, 0.6) is 0 Å². The van der Waals surface area contributed by atoms with Gasteiger partial charge in [-0.1, -0.05) is 18.2 Å². The van der Waals surface area contributed by atoms with Crippen LogP contribution in [0.2, 0.25) is 0 Å². The smallest absolute Gasteiger partial charge is 0.270 e. The van der Waals surface area contributed by atoms with E-state index in [9.17, 15) is 4.79 Å². The molecule has 1 amide bonds. The summed E-state index contributed by atoms with van der Waals surface area (Å²) in [5, 5.41) is 7.80. The highest BCUT2D eigenvalue weighted by molar-refractivity contribution is 5.98. The number of rotatable bonds is 3. The fourth-order valence-electron chi connectivity index (χ4n) is 2.99. The second-order valence-electron chi connectivity index (χ2n) is 5.77. The zero-order valence-electron chi connectivity index (χ0n) is 12.7. The molecule has 23 heavy (non-hydrogen) atoms. The van der Waals surface area contributed by atoms with Crippen LogP contribution in [-0.4, -0.2) is 62.1 Å². The molecule has 0 saturated carbocycles. The second kappa shape index (κ2) is 5.85. The Morgan fingerprint density at radius 3 is 2.74 bits per heavy atom. The van der Waals surface area contributed by atoms with Crippen LogP contribution in [0.4, 0.5) is 0 Å². The fourth-order valence-corrected chi connectivity index (χ4v) is 2.99. The second-order valence-corrected chi connectivity index (χ2v) is 5.77. The minimum absolute atomic E-state index is 0.0699. The number of nitrogens with one attached hydrogen (secondary N) is 2. The number of hydrogen-bond donors (Lipinski definition) is 2. The first-order valence-corrected chi connectivity index (χ1v) is 7.73. The van der Waals surface area contributed by atoms with Crippen molar-refractivity contribution in [3.8, 4) is 0 Å². The lowest BCUT2D eigenvalue weighted by atomic mass is 10.2. The minimum Gasteiger partial charge on any atom is -0.351 e. The van der Waals surface area contributed by atoms with Gasteiger partial charge in [0.25, 0.3) is 5.91 Å². The summed E-state index contributed by atoms with van der Waals surface area (Å²) in [6, 6.07) is 9.87. The number of carbonyl (C=O) groups excluding carboxylic acids is 1. The molecule has 7 nitrogen and oxygen atoms in total. The average molecular weight is 310 g/mol. The Labute approximate surface area is 133 Å². The van der Waals surface area contributed by atoms with Gasteiger partial charge in [0, 0.05) is 37.1 Å². The van der Waals surface area contributed by atoms with E-state index in [0.29, 0.717) is 5.69 Å². The Kier molecular flexibility index (Phi) is 3.55. The number of amides is 1. The molecule has 1 aliphatic heterocycles. The third-order valence-electron chi connectivity index (χ3n) is 4.26. The summed E-state index contributed by atoms with van der Waals surface area (Å²) in [5.74, 6) is 0.931. The number of benzene rings is 1. The van der Waals surface area contributed by atoms with Crippen LogP contribution in [0.1, 0.15) is 16.3 Å². The topological polar surface area (TPSA) is 80.9 Å². The zero-order valence-corrected chi connectivity index (χ0v) is 12.7. The maximum absolute atomic E-state index is 12.6. The number of aromatic amines is 2. The average Bonchev–Trinajstić information content (AvgIpc) is 3.24. The van der Waals surface area contributed by atoms with Crippen molar-refractivity contribution in [2.75, 3.05) is 26.2 Å². The van der Waals surface area contributed by atoms with Crippen LogP contribution >= 0.6 is 0 Å². The highest BCUT2D eigenvalue weighted by Crippen LogP contribution is 2.17. The summed E-state index contributed by atoms with van der Waals surface area (Å²) in [6.45, 7) is 3.87. The molecule has 118 valence electrons. The standard InChI is InChI=1S/C16H18N6O/c23-16(14-9-12-3-1-2-4-13(12)19-14)22-7-5-21(6-8-22)10-15-17-11-18-20-15/h1-4,9,11,19H,5-8,10H2,(H,17,18,20). The summed E-state index contributed by atoms with van der Waals surface area (Å²) >= 11 is 0. The number of aromatic nitrogens is 4. The van der Waals surface area contributed by atoms with E-state index in [2.05, 4.69) is 25.1 Å². The molecule has 1 aliphatic rings. The Balaban J connectivity index is 1.40. The lowest BCUT2D eigenvalue weighted by Crippen LogP contribution is -2.48. The number of hydrogen-bond acceptors (Lipinski definition) is 4. The molecule has 0 spiro atoms. The highest BCUT2D eigenvalue weighted by atomic mass is 16.2. The molecule has 3 heterocycles. The molecular weight excluding hydrogens is 292 g/mol. The Bertz CT molecular complexity index is 768. The quantitative estimate of drug-likeness (QED) is 0.763. The normalized spacial score (nSPS) is 16.1. The number of fused-ring (bicyclic) bond motifs is 1. The van der Waals surface area contributed by atoms with E-state index in [1.165, 1.54) is 6.33 Å². The van der Waals surface area contributed by atoms with Crippen molar-refractivity contribution in [1.82, 2.24) is 30.0 Å². The molecule has 2 aromatic heterocycles. The van der Waals surface area contributed by atoms with E-state index >= 15 is 0 Å². The van der Waals surface area contributed by atoms with Crippen molar-refractivity contribution in [3.63, 3.8) is 0 Å². The van der Waals surface area contributed by atoms with Gasteiger partial charge in [0.2, 0.25) is 0 Å². The molecule has 0 aliphatic carbocycles. The van der Waals surface area contributed by atoms with Gasteiger partial charge in [-0.05, 0) is 12.1 Å². The Morgan fingerprint density at radius 1 is 1.17 bits per heavy atom. The van der Waals surface area contributed by atoms with Gasteiger partial charge in [0.15, 0.2) is 0 Å². The predicted octanol–water partition coefficient (Wildman–Crippen LogP) is 1.24. The number of H-pyrrole nitrogens is 2. The molecular formula is C16H18N6O. The van der Waals surface area contributed by atoms with E-state index < -0.39 is 0 Å². The van der Waals surface area contributed by atoms with Crippen LogP contribution < -0.4 is 0 Å². The van der Waals surface area contributed by atoms with Crippen LogP contribution in [0, 0.1) is 0 Å². The molecule has 2 N–H and O–H groups in total. The number of nitrogens with zero attached hydrogens (tertiary/aromatic N) is 4. The molecule has 0 atom stereocenters. The van der Waals surface area contributed by atoms with E-state index in [1.54, 1.807) is 0 Å². The van der Waals surface area contributed by atoms with Crippen LogP contribution in [0.15, 0.2) is 36.7 Å². The summed E-state index contributed by atoms with van der Waals surface area (Å²) in [6.07, 6.45) is 1.52. The monoisotopic (exact) mass is 310 g/mol. The van der Waals surface area contributed by atoms with Crippen LogP contribution in [0.3, 0.4) is 0 Å². The van der Waals surface area contributed by atoms with Crippen molar-refractivity contribution in [3.05, 3.63) is 48.2 Å². The van der Waals surface area contributed by atoms with E-state index in [1.807, 2.05) is 35.2 Å². The predicted molar refractivity (Wildman–Crippen MR) is 85.9 cm³/mol. The van der Waals surface area contributed by atoms with Gasteiger partial charge in [-0.25, -0.2) is 4.98 Å². The van der Waals surface area contributed by atoms with Gasteiger partial charge in [0.05, 0.1) is 6.54 Å². The molecule has 0 unspecified atom stereocenters. The van der Waals surface area contributed by atoms with Crippen molar-refractivity contribution >= 4 is 16.8 Å². The van der Waals surface area contributed by atoms with Crippen LogP contribution in [-0.2, 0) is 6.54 Å². The van der Waals surface area contributed by atoms with E-state index in [4.69, 9.17) is 0 Å². The van der Waals surface area contributed by atoms with Gasteiger partial charge in [-0.15, -0.1) is 0 Å². The van der Waals surface area contributed by atoms with Gasteiger partial charge < -0.3 is 9.88 Å². The molecule has 7 heteroatoms. The van der Waals surface area contributed by atoms with Crippen LogP contribution in [0.25, 0.3) is 10.9 Å². The molecule has 1 saturated heterocycles. The summed E-state index contributed by atoms with van der Waals surface area (Å²) in [7, 11) is 0. The maximum atomic E-state index is 12.6. The maximum Gasteiger partial charge on any atom is 0.270 e. The van der Waals surface area contributed by atoms with E-state index in [-0.39, 0.29) is 5.91 Å². The molecule has 3 aromatic rings. The zero-order chi connectivity index (χ0) is 15.6. The van der Waals surface area contributed by atoms with E-state index in [0.717, 1.165) is 49.5 Å². The van der Waals surface area contributed by atoms with Crippen molar-refractivity contribution in [2.24, 2.45) is 0 Å². The lowest BCUT2D eigenvalue weighted by Gasteiger charge is -2.34. The van der Waals surface area contributed by atoms with Crippen molar-refractivity contribution in [1.29, 1.82) is 0 Å². The third-order valence-corrected chi connectivity index (χ3v) is 4.26. The van der Waals surface area contributed by atoms with Gasteiger partial charge in [-0.3, -0.25) is 14.8 Å². The molecule has 1 aromatic carbocycles. The Morgan fingerprint density at radius 2 is 2.00 bits per heavy atom. The first kappa shape index (κ1) is 14.0. The summed E-state index contributed by atoms with van der Waals surface area (Å²) in [5.41, 5.74) is 1.66. The number of para-hydroxylation sites is 1. The fraction of sp³-hybridized carbons (Fsp3) is 0.312. The summed E-state index contributed by atoms with van der Waals surface area (Å²) < 4.78 is 0. The number of piperazine rings is 1. The van der Waals surface area contributed by atoms with Gasteiger partial charge >= 0.3 is 0 Å². The first-order chi connectivity index (χ1) is 11.3. The lowest BCUT2D eigenvalue weighted by molar-refractivity contribution is 0.0621. The van der Waals surface area contributed by atoms with Crippen molar-refractivity contribution < 1.29 is 4.79 Å². The first-order valence-electron chi connectivity index (χ1n) is 7.73. The molecule has 4 rings (SSSR count). The minimum atomic E-state index is 0.0699. The van der Waals surface area contributed by atoms with Gasteiger partial charge in [-0.2, -0.15) is 5.10 Å². The molecule has 0 radical (unpaired) electrons. The largest absolute Gasteiger partial charge is 0.351 e. The SMILES string of the molecule is O=C(c1cc2ccccc2[nH]1)N1CCN(Cc2ncn[nH]2)CC1. The van der Waals surface area contributed by atoms with Gasteiger partial charge in [0.1, 0.15) is 17.8 Å². The Hall–Kier alpha value is -2.67. The third kappa shape index (κ3) is 2.83. The number of carbonyl (C=O) groups is 1.